The molecule has 212 valence electrons. The Kier molecular flexibility index (Phi) is 8.64. The summed E-state index contributed by atoms with van der Waals surface area (Å²) in [7, 11) is -1.94. The van der Waals surface area contributed by atoms with Gasteiger partial charge in [0.2, 0.25) is 0 Å². The number of rotatable bonds is 8. The first kappa shape index (κ1) is 29.3. The Balaban J connectivity index is 1.44. The molecule has 9 heteroatoms. The third-order valence-corrected chi connectivity index (χ3v) is 8.33. The Morgan fingerprint density at radius 1 is 0.905 bits per heavy atom. The van der Waals surface area contributed by atoms with Crippen molar-refractivity contribution in [2.45, 2.75) is 11.4 Å². The van der Waals surface area contributed by atoms with Gasteiger partial charge in [-0.25, -0.2) is 18.2 Å². The summed E-state index contributed by atoms with van der Waals surface area (Å²) in [6, 6.07) is 27.3. The van der Waals surface area contributed by atoms with Gasteiger partial charge in [-0.15, -0.1) is 0 Å². The maximum absolute atomic E-state index is 12.0. The van der Waals surface area contributed by atoms with E-state index in [1.165, 1.54) is 13.4 Å². The van der Waals surface area contributed by atoms with Gasteiger partial charge in [-0.2, -0.15) is 0 Å². The Morgan fingerprint density at radius 3 is 2.31 bits per heavy atom. The second-order valence-corrected chi connectivity index (χ2v) is 12.5. The van der Waals surface area contributed by atoms with Crippen LogP contribution in [0.5, 0.6) is 0 Å². The number of imidazole rings is 1. The molecule has 0 aliphatic carbocycles. The molecular formula is C33H26Cl2N2O4S. The molecule has 0 N–H and O–H groups in total. The number of aromatic nitrogens is 2. The van der Waals surface area contributed by atoms with Crippen molar-refractivity contribution < 1.29 is 17.9 Å². The maximum atomic E-state index is 12.0. The van der Waals surface area contributed by atoms with E-state index in [0.717, 1.165) is 27.8 Å². The number of carbonyl (C=O) groups is 1. The van der Waals surface area contributed by atoms with Gasteiger partial charge in [0.05, 0.1) is 28.3 Å². The second kappa shape index (κ2) is 12.4. The van der Waals surface area contributed by atoms with Gasteiger partial charge in [0, 0.05) is 29.6 Å². The van der Waals surface area contributed by atoms with Crippen molar-refractivity contribution in [2.24, 2.45) is 0 Å². The van der Waals surface area contributed by atoms with Crippen LogP contribution in [0.4, 0.5) is 0 Å². The fraction of sp³-hybridized carbons (Fsp3) is 0.0909. The van der Waals surface area contributed by atoms with E-state index in [9.17, 15) is 13.2 Å². The highest BCUT2D eigenvalue weighted by molar-refractivity contribution is 7.90. The average Bonchev–Trinajstić information content (AvgIpc) is 3.37. The third-order valence-electron chi connectivity index (χ3n) is 6.67. The number of hydrogen-bond acceptors (Lipinski definition) is 5. The summed E-state index contributed by atoms with van der Waals surface area (Å²) in [6.45, 7) is 0.509. The number of ether oxygens (including phenoxy) is 1. The van der Waals surface area contributed by atoms with Crippen molar-refractivity contribution in [3.8, 4) is 22.4 Å². The van der Waals surface area contributed by atoms with Crippen LogP contribution in [-0.2, 0) is 21.1 Å². The molecule has 1 heterocycles. The molecule has 0 saturated carbocycles. The second-order valence-electron chi connectivity index (χ2n) is 9.68. The van der Waals surface area contributed by atoms with Gasteiger partial charge >= 0.3 is 5.97 Å². The van der Waals surface area contributed by atoms with Crippen LogP contribution in [0.3, 0.4) is 0 Å². The Labute approximate surface area is 254 Å². The predicted octanol–water partition coefficient (Wildman–Crippen LogP) is 7.93. The molecule has 42 heavy (non-hydrogen) atoms. The highest BCUT2D eigenvalue weighted by atomic mass is 35.5. The number of nitrogens with zero attached hydrogens (tertiary/aromatic N) is 2. The first-order chi connectivity index (χ1) is 20.1. The molecule has 4 aromatic carbocycles. The molecule has 5 rings (SSSR count). The molecular weight excluding hydrogens is 591 g/mol. The highest BCUT2D eigenvalue weighted by Crippen LogP contribution is 2.31. The zero-order valence-corrected chi connectivity index (χ0v) is 25.1. The van der Waals surface area contributed by atoms with Crippen molar-refractivity contribution in [3.05, 3.63) is 130 Å². The largest absolute Gasteiger partial charge is 0.465 e. The minimum absolute atomic E-state index is 0.285. The molecule has 0 fully saturated rings. The third kappa shape index (κ3) is 6.82. The van der Waals surface area contributed by atoms with Crippen LogP contribution in [0.15, 0.2) is 102 Å². The van der Waals surface area contributed by atoms with E-state index in [1.54, 1.807) is 42.5 Å². The van der Waals surface area contributed by atoms with Crippen LogP contribution in [0, 0.1) is 0 Å². The van der Waals surface area contributed by atoms with Gasteiger partial charge in [-0.3, -0.25) is 0 Å². The van der Waals surface area contributed by atoms with Crippen LogP contribution < -0.4 is 0 Å². The van der Waals surface area contributed by atoms with Crippen LogP contribution in [-0.4, -0.2) is 37.3 Å². The molecule has 1 aromatic heterocycles. The monoisotopic (exact) mass is 616 g/mol. The lowest BCUT2D eigenvalue weighted by molar-refractivity contribution is 0.0600. The normalized spacial score (nSPS) is 11.6. The van der Waals surface area contributed by atoms with Crippen molar-refractivity contribution in [3.63, 3.8) is 0 Å². The molecule has 0 unspecified atom stereocenters. The average molecular weight is 618 g/mol. The summed E-state index contributed by atoms with van der Waals surface area (Å²) < 4.78 is 30.7. The molecule has 6 nitrogen and oxygen atoms in total. The molecule has 0 spiro atoms. The Hall–Kier alpha value is -4.17. The van der Waals surface area contributed by atoms with E-state index in [1.807, 2.05) is 71.4 Å². The molecule has 0 amide bonds. The van der Waals surface area contributed by atoms with E-state index in [0.29, 0.717) is 33.7 Å². The number of esters is 1. The number of hydrogen-bond donors (Lipinski definition) is 0. The summed E-state index contributed by atoms with van der Waals surface area (Å²) in [5.41, 5.74) is 5.60. The Bertz CT molecular complexity index is 1900. The predicted molar refractivity (Wildman–Crippen MR) is 168 cm³/mol. The molecule has 0 bridgehead atoms. The standard InChI is InChI=1S/C33H26Cl2N2O4S/c1-41-33(38)25-13-8-23(9-14-25)20-37-21-31(29-16-15-27(34)19-30(29)35)36-32(37)17-10-22-6-11-24(12-7-22)26-4-3-5-28(18-26)42(2,39)40/h3-19,21H,20H2,1-2H3. The minimum Gasteiger partial charge on any atom is -0.465 e. The molecule has 0 radical (unpaired) electrons. The molecule has 0 aliphatic rings. The topological polar surface area (TPSA) is 78.3 Å². The van der Waals surface area contributed by atoms with Crippen molar-refractivity contribution >= 4 is 51.2 Å². The maximum Gasteiger partial charge on any atom is 0.337 e. The van der Waals surface area contributed by atoms with Crippen LogP contribution in [0.1, 0.15) is 27.3 Å². The fourth-order valence-corrected chi connectivity index (χ4v) is 5.61. The van der Waals surface area contributed by atoms with Crippen molar-refractivity contribution in [1.29, 1.82) is 0 Å². The number of benzene rings is 4. The van der Waals surface area contributed by atoms with Gasteiger partial charge < -0.3 is 9.30 Å². The zero-order chi connectivity index (χ0) is 29.9. The van der Waals surface area contributed by atoms with Crippen molar-refractivity contribution in [2.75, 3.05) is 13.4 Å². The quantitative estimate of drug-likeness (QED) is 0.165. The highest BCUT2D eigenvalue weighted by Gasteiger charge is 2.13. The van der Waals surface area contributed by atoms with E-state index >= 15 is 0 Å². The summed E-state index contributed by atoms with van der Waals surface area (Å²) in [6.07, 6.45) is 7.02. The molecule has 0 atom stereocenters. The van der Waals surface area contributed by atoms with E-state index in [-0.39, 0.29) is 10.9 Å². The smallest absolute Gasteiger partial charge is 0.337 e. The van der Waals surface area contributed by atoms with Gasteiger partial charge in [0.1, 0.15) is 5.82 Å². The summed E-state index contributed by atoms with van der Waals surface area (Å²) >= 11 is 12.6. The molecule has 5 aromatic rings. The summed E-state index contributed by atoms with van der Waals surface area (Å²) in [5, 5.41) is 1.04. The number of carbonyl (C=O) groups excluding carboxylic acids is 1. The lowest BCUT2D eigenvalue weighted by Crippen LogP contribution is -2.03. The van der Waals surface area contributed by atoms with Crippen LogP contribution >= 0.6 is 23.2 Å². The number of sulfone groups is 1. The SMILES string of the molecule is COC(=O)c1ccc(Cn2cc(-c3ccc(Cl)cc3Cl)nc2C=Cc2ccc(-c3cccc(S(C)(=O)=O)c3)cc2)cc1. The van der Waals surface area contributed by atoms with Crippen LogP contribution in [0.2, 0.25) is 10.0 Å². The first-order valence-corrected chi connectivity index (χ1v) is 15.5. The fourth-order valence-electron chi connectivity index (χ4n) is 4.44. The van der Waals surface area contributed by atoms with Gasteiger partial charge in [0.15, 0.2) is 9.84 Å². The lowest BCUT2D eigenvalue weighted by Gasteiger charge is -2.07. The van der Waals surface area contributed by atoms with Gasteiger partial charge in [-0.05, 0) is 70.8 Å². The molecule has 0 aliphatic heterocycles. The number of methoxy groups -OCH3 is 1. The Morgan fingerprint density at radius 2 is 1.64 bits per heavy atom. The summed E-state index contributed by atoms with van der Waals surface area (Å²) in [5.74, 6) is 0.319. The molecule has 0 saturated heterocycles. The zero-order valence-electron chi connectivity index (χ0n) is 22.8. The minimum atomic E-state index is -3.29. The van der Waals surface area contributed by atoms with Gasteiger partial charge in [-0.1, -0.05) is 77.8 Å². The van der Waals surface area contributed by atoms with Crippen LogP contribution in [0.25, 0.3) is 34.5 Å². The van der Waals surface area contributed by atoms with Gasteiger partial charge in [0.25, 0.3) is 0 Å². The lowest BCUT2D eigenvalue weighted by atomic mass is 10.0. The van der Waals surface area contributed by atoms with Crippen molar-refractivity contribution in [1.82, 2.24) is 9.55 Å². The van der Waals surface area contributed by atoms with E-state index < -0.39 is 9.84 Å². The number of halogens is 2. The van der Waals surface area contributed by atoms with E-state index in [4.69, 9.17) is 32.9 Å². The summed E-state index contributed by atoms with van der Waals surface area (Å²) in [4.78, 5) is 17.0. The first-order valence-electron chi connectivity index (χ1n) is 12.9. The van der Waals surface area contributed by atoms with E-state index in [2.05, 4.69) is 0 Å².